The summed E-state index contributed by atoms with van der Waals surface area (Å²) in [6.45, 7) is 1.99. The number of benzene rings is 1. The van der Waals surface area contributed by atoms with Crippen molar-refractivity contribution in [2.75, 3.05) is 23.9 Å². The molecule has 0 saturated heterocycles. The summed E-state index contributed by atoms with van der Waals surface area (Å²) in [6, 6.07) is 4.69. The fourth-order valence-electron chi connectivity index (χ4n) is 2.35. The number of anilines is 1. The second kappa shape index (κ2) is 11.7. The van der Waals surface area contributed by atoms with Crippen LogP contribution in [0.3, 0.4) is 0 Å². The molecular formula is C18H22ClN3O5S3. The van der Waals surface area contributed by atoms with Crippen LogP contribution in [0.4, 0.5) is 5.13 Å². The van der Waals surface area contributed by atoms with Crippen LogP contribution in [0.1, 0.15) is 19.0 Å². The first-order chi connectivity index (χ1) is 14.2. The van der Waals surface area contributed by atoms with Crippen molar-refractivity contribution in [2.24, 2.45) is 0 Å². The first kappa shape index (κ1) is 24.6. The van der Waals surface area contributed by atoms with Gasteiger partial charge in [-0.05, 0) is 49.6 Å². The molecule has 12 heteroatoms. The van der Waals surface area contributed by atoms with E-state index in [2.05, 4.69) is 15.0 Å². The zero-order valence-corrected chi connectivity index (χ0v) is 19.6. The van der Waals surface area contributed by atoms with Gasteiger partial charge < -0.3 is 10.1 Å². The highest BCUT2D eigenvalue weighted by molar-refractivity contribution is 7.98. The second-order valence-electron chi connectivity index (χ2n) is 6.02. The van der Waals surface area contributed by atoms with Gasteiger partial charge in [0.25, 0.3) is 0 Å². The average Bonchev–Trinajstić information content (AvgIpc) is 3.12. The van der Waals surface area contributed by atoms with Crippen molar-refractivity contribution in [1.29, 1.82) is 0 Å². The molecule has 0 fully saturated rings. The fraction of sp³-hybridized carbons (Fsp3) is 0.389. The van der Waals surface area contributed by atoms with Crippen LogP contribution in [-0.4, -0.2) is 49.9 Å². The molecule has 1 heterocycles. The smallest absolute Gasteiger partial charge is 0.311 e. The number of halogens is 1. The van der Waals surface area contributed by atoms with E-state index in [9.17, 15) is 18.0 Å². The Kier molecular flexibility index (Phi) is 9.56. The molecule has 164 valence electrons. The number of esters is 1. The van der Waals surface area contributed by atoms with Crippen LogP contribution in [0.15, 0.2) is 34.5 Å². The van der Waals surface area contributed by atoms with Crippen molar-refractivity contribution in [1.82, 2.24) is 9.71 Å². The molecule has 0 saturated carbocycles. The quantitative estimate of drug-likeness (QED) is 0.464. The Hall–Kier alpha value is -1.66. The largest absolute Gasteiger partial charge is 0.466 e. The summed E-state index contributed by atoms with van der Waals surface area (Å²) >= 11 is 8.45. The summed E-state index contributed by atoms with van der Waals surface area (Å²) in [7, 11) is -3.92. The van der Waals surface area contributed by atoms with Crippen LogP contribution in [0.2, 0.25) is 5.02 Å². The Morgan fingerprint density at radius 2 is 2.00 bits per heavy atom. The summed E-state index contributed by atoms with van der Waals surface area (Å²) < 4.78 is 32.6. The highest BCUT2D eigenvalue weighted by Crippen LogP contribution is 2.18. The molecule has 1 aromatic carbocycles. The molecule has 2 aromatic rings. The SMILES string of the molecule is CCOC(=O)Cc1csc(NC(=O)C(CCSC)NS(=O)(=O)c2ccc(Cl)cc2)n1. The predicted molar refractivity (Wildman–Crippen MR) is 120 cm³/mol. The van der Waals surface area contributed by atoms with Gasteiger partial charge in [-0.2, -0.15) is 16.5 Å². The zero-order chi connectivity index (χ0) is 22.1. The molecule has 2 rings (SSSR count). The van der Waals surface area contributed by atoms with Crippen molar-refractivity contribution in [3.63, 3.8) is 0 Å². The third-order valence-corrected chi connectivity index (χ3v) is 6.95. The number of carbonyl (C=O) groups is 2. The standard InChI is InChI=1S/C18H22ClN3O5S3/c1-3-27-16(23)10-13-11-29-18(20-13)21-17(24)15(8-9-28-2)22-30(25,26)14-6-4-12(19)5-7-14/h4-7,11,15,22H,3,8-10H2,1-2H3,(H,20,21,24). The molecule has 1 atom stereocenters. The van der Waals surface area contributed by atoms with Gasteiger partial charge in [0.05, 0.1) is 23.6 Å². The number of sulfonamides is 1. The maximum absolute atomic E-state index is 12.7. The highest BCUT2D eigenvalue weighted by atomic mass is 35.5. The summed E-state index contributed by atoms with van der Waals surface area (Å²) in [5, 5.41) is 4.95. The number of ether oxygens (including phenoxy) is 1. The van der Waals surface area contributed by atoms with E-state index in [0.717, 1.165) is 11.3 Å². The number of nitrogens with zero attached hydrogens (tertiary/aromatic N) is 1. The van der Waals surface area contributed by atoms with Gasteiger partial charge in [-0.15, -0.1) is 11.3 Å². The minimum Gasteiger partial charge on any atom is -0.466 e. The molecule has 0 aliphatic heterocycles. The topological polar surface area (TPSA) is 114 Å². The van der Waals surface area contributed by atoms with Gasteiger partial charge in [-0.25, -0.2) is 13.4 Å². The highest BCUT2D eigenvalue weighted by Gasteiger charge is 2.26. The van der Waals surface area contributed by atoms with Gasteiger partial charge in [0.2, 0.25) is 15.9 Å². The molecule has 1 amide bonds. The van der Waals surface area contributed by atoms with E-state index in [1.807, 2.05) is 6.26 Å². The lowest BCUT2D eigenvalue weighted by Crippen LogP contribution is -2.44. The van der Waals surface area contributed by atoms with Gasteiger partial charge >= 0.3 is 5.97 Å². The number of hydrogen-bond donors (Lipinski definition) is 2. The number of aromatic nitrogens is 1. The molecule has 1 unspecified atom stereocenters. The summed E-state index contributed by atoms with van der Waals surface area (Å²) in [4.78, 5) is 28.5. The van der Waals surface area contributed by atoms with Crippen molar-refractivity contribution in [3.8, 4) is 0 Å². The molecule has 0 radical (unpaired) electrons. The number of amides is 1. The molecule has 0 spiro atoms. The number of rotatable bonds is 11. The third-order valence-electron chi connectivity index (χ3n) is 3.76. The Morgan fingerprint density at radius 3 is 2.63 bits per heavy atom. The van der Waals surface area contributed by atoms with Crippen LogP contribution >= 0.6 is 34.7 Å². The minimum absolute atomic E-state index is 0.000685. The monoisotopic (exact) mass is 491 g/mol. The molecule has 1 aromatic heterocycles. The third kappa shape index (κ3) is 7.55. The van der Waals surface area contributed by atoms with E-state index in [0.29, 0.717) is 22.9 Å². The Bertz CT molecular complexity index is 964. The number of thioether (sulfide) groups is 1. The molecule has 0 aliphatic carbocycles. The van der Waals surface area contributed by atoms with E-state index in [-0.39, 0.29) is 23.1 Å². The van der Waals surface area contributed by atoms with Crippen molar-refractivity contribution >= 4 is 61.7 Å². The lowest BCUT2D eigenvalue weighted by molar-refractivity contribution is -0.142. The van der Waals surface area contributed by atoms with Crippen molar-refractivity contribution in [2.45, 2.75) is 30.7 Å². The summed E-state index contributed by atoms with van der Waals surface area (Å²) in [5.74, 6) is -0.361. The lowest BCUT2D eigenvalue weighted by Gasteiger charge is -2.17. The van der Waals surface area contributed by atoms with E-state index in [1.165, 1.54) is 36.0 Å². The zero-order valence-electron chi connectivity index (χ0n) is 16.4. The average molecular weight is 492 g/mol. The van der Waals surface area contributed by atoms with Crippen LogP contribution in [0, 0.1) is 0 Å². The normalized spacial score (nSPS) is 12.4. The Morgan fingerprint density at radius 1 is 1.30 bits per heavy atom. The van der Waals surface area contributed by atoms with Crippen LogP contribution < -0.4 is 10.0 Å². The van der Waals surface area contributed by atoms with Gasteiger partial charge in [0, 0.05) is 10.4 Å². The maximum Gasteiger partial charge on any atom is 0.311 e. The second-order valence-corrected chi connectivity index (χ2v) is 10.0. The van der Waals surface area contributed by atoms with E-state index in [4.69, 9.17) is 16.3 Å². The maximum atomic E-state index is 12.7. The first-order valence-corrected chi connectivity index (χ1v) is 13.1. The van der Waals surface area contributed by atoms with Crippen LogP contribution in [0.5, 0.6) is 0 Å². The van der Waals surface area contributed by atoms with Gasteiger partial charge in [0.15, 0.2) is 5.13 Å². The molecule has 2 N–H and O–H groups in total. The molecule has 30 heavy (non-hydrogen) atoms. The fourth-order valence-corrected chi connectivity index (χ4v) is 4.89. The summed E-state index contributed by atoms with van der Waals surface area (Å²) in [6.07, 6.45) is 2.16. The first-order valence-electron chi connectivity index (χ1n) is 8.93. The van der Waals surface area contributed by atoms with E-state index >= 15 is 0 Å². The van der Waals surface area contributed by atoms with E-state index in [1.54, 1.807) is 12.3 Å². The molecule has 8 nitrogen and oxygen atoms in total. The van der Waals surface area contributed by atoms with Crippen LogP contribution in [-0.2, 0) is 30.8 Å². The van der Waals surface area contributed by atoms with Crippen LogP contribution in [0.25, 0.3) is 0 Å². The number of nitrogens with one attached hydrogen (secondary N) is 2. The van der Waals surface area contributed by atoms with E-state index < -0.39 is 27.9 Å². The van der Waals surface area contributed by atoms with Gasteiger partial charge in [-0.1, -0.05) is 11.6 Å². The van der Waals surface area contributed by atoms with Gasteiger partial charge in [0.1, 0.15) is 6.04 Å². The Labute approximate surface area is 188 Å². The number of hydrogen-bond acceptors (Lipinski definition) is 8. The molecule has 0 aliphatic rings. The van der Waals surface area contributed by atoms with Crippen molar-refractivity contribution < 1.29 is 22.7 Å². The number of thiazole rings is 1. The minimum atomic E-state index is -3.92. The van der Waals surface area contributed by atoms with Crippen molar-refractivity contribution in [3.05, 3.63) is 40.4 Å². The molecule has 0 bridgehead atoms. The lowest BCUT2D eigenvalue weighted by atomic mass is 10.2. The summed E-state index contributed by atoms with van der Waals surface area (Å²) in [5.41, 5.74) is 0.469. The Balaban J connectivity index is 2.09. The van der Waals surface area contributed by atoms with Gasteiger partial charge in [-0.3, -0.25) is 9.59 Å². The predicted octanol–water partition coefficient (Wildman–Crippen LogP) is 2.94. The number of carbonyl (C=O) groups excluding carboxylic acids is 2. The molecular weight excluding hydrogens is 470 g/mol.